The molecule has 1 heterocycles. The molecule has 2 rings (SSSR count). The summed E-state index contributed by atoms with van der Waals surface area (Å²) in [5, 5.41) is 13.4. The van der Waals surface area contributed by atoms with E-state index in [9.17, 15) is 5.11 Å². The van der Waals surface area contributed by atoms with Crippen molar-refractivity contribution in [2.75, 3.05) is 6.54 Å². The van der Waals surface area contributed by atoms with E-state index in [2.05, 4.69) is 12.2 Å². The predicted molar refractivity (Wildman–Crippen MR) is 57.9 cm³/mol. The second-order valence-corrected chi connectivity index (χ2v) is 4.01. The van der Waals surface area contributed by atoms with E-state index in [1.165, 1.54) is 5.56 Å². The molecule has 3 heteroatoms. The van der Waals surface area contributed by atoms with E-state index in [1.54, 1.807) is 6.07 Å². The normalized spacial score (nSPS) is 20.6. The van der Waals surface area contributed by atoms with Crippen molar-refractivity contribution in [2.45, 2.75) is 25.8 Å². The summed E-state index contributed by atoms with van der Waals surface area (Å²) in [6.45, 7) is 3.11. The van der Waals surface area contributed by atoms with Crippen LogP contribution in [0.3, 0.4) is 0 Å². The number of nitrogens with one attached hydrogen (secondary N) is 1. The average molecular weight is 212 g/mol. The second-order valence-electron chi connectivity index (χ2n) is 3.64. The zero-order valence-corrected chi connectivity index (χ0v) is 8.93. The topological polar surface area (TPSA) is 32.3 Å². The first kappa shape index (κ1) is 9.81. The van der Waals surface area contributed by atoms with Gasteiger partial charge in [0.2, 0.25) is 0 Å². The molecule has 1 unspecified atom stereocenters. The monoisotopic (exact) mass is 211 g/mol. The van der Waals surface area contributed by atoms with Gasteiger partial charge in [0.15, 0.2) is 0 Å². The van der Waals surface area contributed by atoms with Gasteiger partial charge >= 0.3 is 0 Å². The van der Waals surface area contributed by atoms with Crippen LogP contribution in [0.15, 0.2) is 12.1 Å². The Kier molecular flexibility index (Phi) is 2.66. The van der Waals surface area contributed by atoms with Crippen molar-refractivity contribution in [3.63, 3.8) is 0 Å². The number of rotatable bonds is 1. The van der Waals surface area contributed by atoms with Crippen molar-refractivity contribution >= 4 is 11.6 Å². The molecule has 0 aromatic heterocycles. The van der Waals surface area contributed by atoms with Gasteiger partial charge in [0, 0.05) is 6.04 Å². The fourth-order valence-corrected chi connectivity index (χ4v) is 2.36. The van der Waals surface area contributed by atoms with E-state index in [1.807, 2.05) is 6.07 Å². The summed E-state index contributed by atoms with van der Waals surface area (Å²) in [4.78, 5) is 0. The zero-order valence-electron chi connectivity index (χ0n) is 8.18. The van der Waals surface area contributed by atoms with Crippen molar-refractivity contribution in [1.29, 1.82) is 0 Å². The van der Waals surface area contributed by atoms with Crippen LogP contribution in [0.2, 0.25) is 5.02 Å². The van der Waals surface area contributed by atoms with Gasteiger partial charge in [-0.25, -0.2) is 0 Å². The highest BCUT2D eigenvalue weighted by Crippen LogP contribution is 2.37. The van der Waals surface area contributed by atoms with Crippen molar-refractivity contribution in [3.05, 3.63) is 28.3 Å². The van der Waals surface area contributed by atoms with E-state index in [0.29, 0.717) is 11.1 Å². The molecule has 1 atom stereocenters. The van der Waals surface area contributed by atoms with E-state index in [4.69, 9.17) is 11.6 Å². The van der Waals surface area contributed by atoms with Gasteiger partial charge in [-0.3, -0.25) is 0 Å². The zero-order chi connectivity index (χ0) is 10.1. The predicted octanol–water partition coefficient (Wildman–Crippen LogP) is 2.64. The summed E-state index contributed by atoms with van der Waals surface area (Å²) in [5.74, 6) is 0.188. The molecule has 1 aromatic carbocycles. The number of hydrogen-bond donors (Lipinski definition) is 2. The van der Waals surface area contributed by atoms with Crippen LogP contribution in [0, 0.1) is 0 Å². The molecule has 2 N–H and O–H groups in total. The minimum absolute atomic E-state index is 0.188. The molecule has 1 aliphatic rings. The summed E-state index contributed by atoms with van der Waals surface area (Å²) >= 11 is 6.09. The molecule has 0 spiro atoms. The quantitative estimate of drug-likeness (QED) is 0.749. The summed E-state index contributed by atoms with van der Waals surface area (Å²) in [5.41, 5.74) is 2.35. The van der Waals surface area contributed by atoms with E-state index < -0.39 is 0 Å². The largest absolute Gasteiger partial charge is 0.506 e. The lowest BCUT2D eigenvalue weighted by Crippen LogP contribution is -2.29. The van der Waals surface area contributed by atoms with Crippen molar-refractivity contribution < 1.29 is 5.11 Å². The maximum Gasteiger partial charge on any atom is 0.134 e. The van der Waals surface area contributed by atoms with Crippen LogP contribution in [0.5, 0.6) is 5.75 Å². The molecule has 2 nitrogen and oxygen atoms in total. The summed E-state index contributed by atoms with van der Waals surface area (Å²) in [6.07, 6.45) is 1.99. The van der Waals surface area contributed by atoms with Gasteiger partial charge in [0.25, 0.3) is 0 Å². The number of phenolic OH excluding ortho intramolecular Hbond substituents is 1. The fraction of sp³-hybridized carbons (Fsp3) is 0.455. The number of halogens is 1. The third kappa shape index (κ3) is 1.49. The fourth-order valence-electron chi connectivity index (χ4n) is 2.05. The summed E-state index contributed by atoms with van der Waals surface area (Å²) in [6, 6.07) is 3.94. The Morgan fingerprint density at radius 1 is 1.57 bits per heavy atom. The molecule has 0 aliphatic carbocycles. The van der Waals surface area contributed by atoms with E-state index in [0.717, 1.165) is 24.9 Å². The first-order valence-electron chi connectivity index (χ1n) is 4.97. The van der Waals surface area contributed by atoms with E-state index >= 15 is 0 Å². The van der Waals surface area contributed by atoms with Crippen LogP contribution in [0.1, 0.15) is 30.5 Å². The van der Waals surface area contributed by atoms with Gasteiger partial charge in [0.05, 0.1) is 5.02 Å². The Labute approximate surface area is 88.9 Å². The molecular weight excluding hydrogens is 198 g/mol. The molecule has 0 saturated heterocycles. The average Bonchev–Trinajstić information content (AvgIpc) is 2.23. The molecule has 0 fully saturated rings. The van der Waals surface area contributed by atoms with Crippen LogP contribution in [-0.4, -0.2) is 11.7 Å². The number of aromatic hydroxyl groups is 1. The highest BCUT2D eigenvalue weighted by atomic mass is 35.5. The number of phenols is 1. The number of fused-ring (bicyclic) bond motifs is 1. The standard InChI is InChI=1S/C11H14ClNO/c1-2-8-10-7(5-6-13-8)3-4-9(14)11(10)12/h3-4,8,13-14H,2,5-6H2,1H3. The maximum atomic E-state index is 9.53. The van der Waals surface area contributed by atoms with Gasteiger partial charge in [-0.05, 0) is 36.6 Å². The number of benzene rings is 1. The van der Waals surface area contributed by atoms with Gasteiger partial charge in [0.1, 0.15) is 5.75 Å². The molecule has 76 valence electrons. The third-order valence-corrected chi connectivity index (χ3v) is 3.19. The van der Waals surface area contributed by atoms with Gasteiger partial charge < -0.3 is 10.4 Å². The Morgan fingerprint density at radius 3 is 3.07 bits per heavy atom. The summed E-state index contributed by atoms with van der Waals surface area (Å²) < 4.78 is 0. The minimum atomic E-state index is 0.188. The molecule has 14 heavy (non-hydrogen) atoms. The summed E-state index contributed by atoms with van der Waals surface area (Å²) in [7, 11) is 0. The molecule has 0 amide bonds. The molecule has 1 aromatic rings. The second kappa shape index (κ2) is 3.79. The van der Waals surface area contributed by atoms with Crippen molar-refractivity contribution in [1.82, 2.24) is 5.32 Å². The van der Waals surface area contributed by atoms with Crippen molar-refractivity contribution in [2.24, 2.45) is 0 Å². The number of hydrogen-bond acceptors (Lipinski definition) is 2. The molecule has 1 aliphatic heterocycles. The Bertz CT molecular complexity index is 351. The molecular formula is C11H14ClNO. The first-order valence-corrected chi connectivity index (χ1v) is 5.35. The first-order chi connectivity index (χ1) is 6.74. The van der Waals surface area contributed by atoms with E-state index in [-0.39, 0.29) is 5.75 Å². The van der Waals surface area contributed by atoms with Crippen LogP contribution >= 0.6 is 11.6 Å². The van der Waals surface area contributed by atoms with Crippen LogP contribution in [-0.2, 0) is 6.42 Å². The van der Waals surface area contributed by atoms with Crippen molar-refractivity contribution in [3.8, 4) is 5.75 Å². The van der Waals surface area contributed by atoms with Crippen LogP contribution in [0.4, 0.5) is 0 Å². The van der Waals surface area contributed by atoms with Gasteiger partial charge in [-0.1, -0.05) is 24.6 Å². The Morgan fingerprint density at radius 2 is 2.36 bits per heavy atom. The minimum Gasteiger partial charge on any atom is -0.506 e. The van der Waals surface area contributed by atoms with Crippen LogP contribution in [0.25, 0.3) is 0 Å². The molecule has 0 bridgehead atoms. The van der Waals surface area contributed by atoms with Gasteiger partial charge in [-0.2, -0.15) is 0 Å². The Hall–Kier alpha value is -0.730. The Balaban J connectivity index is 2.53. The maximum absolute atomic E-state index is 9.53. The SMILES string of the molecule is CCC1NCCc2ccc(O)c(Cl)c21. The lowest BCUT2D eigenvalue weighted by atomic mass is 9.92. The lowest BCUT2D eigenvalue weighted by molar-refractivity contribution is 0.461. The molecule has 0 saturated carbocycles. The lowest BCUT2D eigenvalue weighted by Gasteiger charge is -2.27. The molecule has 0 radical (unpaired) electrons. The third-order valence-electron chi connectivity index (χ3n) is 2.79. The smallest absolute Gasteiger partial charge is 0.134 e. The van der Waals surface area contributed by atoms with Gasteiger partial charge in [-0.15, -0.1) is 0 Å². The van der Waals surface area contributed by atoms with Crippen LogP contribution < -0.4 is 5.32 Å². The highest BCUT2D eigenvalue weighted by Gasteiger charge is 2.22. The highest BCUT2D eigenvalue weighted by molar-refractivity contribution is 6.33.